The van der Waals surface area contributed by atoms with Gasteiger partial charge in [-0.25, -0.2) is 8.78 Å². The SMILES string of the molecule is CCC(C)(N)c1nc(Cc2cc(F)cc(F)c2)no1. The summed E-state index contributed by atoms with van der Waals surface area (Å²) in [7, 11) is 0. The Hall–Kier alpha value is -1.82. The second-order valence-corrected chi connectivity index (χ2v) is 4.74. The van der Waals surface area contributed by atoms with Crippen molar-refractivity contribution >= 4 is 0 Å². The Labute approximate surface area is 109 Å². The Balaban J connectivity index is 2.20. The second-order valence-electron chi connectivity index (χ2n) is 4.74. The summed E-state index contributed by atoms with van der Waals surface area (Å²) in [5.41, 5.74) is 5.72. The molecule has 1 aromatic heterocycles. The average molecular weight is 267 g/mol. The standard InChI is InChI=1S/C13H15F2N3O/c1-3-13(2,16)12-17-11(18-19-12)6-8-4-9(14)7-10(15)5-8/h4-5,7H,3,6,16H2,1-2H3. The number of rotatable bonds is 4. The lowest BCUT2D eigenvalue weighted by molar-refractivity contribution is 0.290. The summed E-state index contributed by atoms with van der Waals surface area (Å²) in [6, 6.07) is 3.29. The Kier molecular flexibility index (Phi) is 3.61. The van der Waals surface area contributed by atoms with Gasteiger partial charge in [-0.3, -0.25) is 0 Å². The lowest BCUT2D eigenvalue weighted by Gasteiger charge is -2.16. The molecule has 2 aromatic rings. The van der Waals surface area contributed by atoms with E-state index in [-0.39, 0.29) is 6.42 Å². The monoisotopic (exact) mass is 267 g/mol. The van der Waals surface area contributed by atoms with Gasteiger partial charge in [0.1, 0.15) is 11.6 Å². The average Bonchev–Trinajstić information content (AvgIpc) is 2.77. The normalized spacial score (nSPS) is 14.4. The molecule has 0 aliphatic carbocycles. The van der Waals surface area contributed by atoms with E-state index in [9.17, 15) is 8.78 Å². The summed E-state index contributed by atoms with van der Waals surface area (Å²) >= 11 is 0. The fourth-order valence-corrected chi connectivity index (χ4v) is 1.60. The van der Waals surface area contributed by atoms with Crippen molar-refractivity contribution in [3.63, 3.8) is 0 Å². The molecule has 0 bridgehead atoms. The van der Waals surface area contributed by atoms with E-state index in [2.05, 4.69) is 10.1 Å². The molecule has 0 saturated heterocycles. The summed E-state index contributed by atoms with van der Waals surface area (Å²) < 4.78 is 31.2. The van der Waals surface area contributed by atoms with Crippen molar-refractivity contribution in [2.45, 2.75) is 32.2 Å². The number of aromatic nitrogens is 2. The van der Waals surface area contributed by atoms with Gasteiger partial charge in [0, 0.05) is 12.5 Å². The van der Waals surface area contributed by atoms with Crippen LogP contribution in [0.15, 0.2) is 22.7 Å². The first kappa shape index (κ1) is 13.6. The minimum atomic E-state index is -0.696. The van der Waals surface area contributed by atoms with Gasteiger partial charge in [0.15, 0.2) is 5.82 Å². The molecule has 0 aliphatic rings. The molecule has 6 heteroatoms. The summed E-state index contributed by atoms with van der Waals surface area (Å²) in [5.74, 6) is -0.584. The highest BCUT2D eigenvalue weighted by atomic mass is 19.1. The smallest absolute Gasteiger partial charge is 0.246 e. The number of nitrogens with zero attached hydrogens (tertiary/aromatic N) is 2. The van der Waals surface area contributed by atoms with Crippen molar-refractivity contribution in [1.82, 2.24) is 10.1 Å². The lowest BCUT2D eigenvalue weighted by atomic mass is 10.0. The maximum absolute atomic E-state index is 13.1. The van der Waals surface area contributed by atoms with Gasteiger partial charge < -0.3 is 10.3 Å². The van der Waals surface area contributed by atoms with Crippen LogP contribution in [-0.4, -0.2) is 10.1 Å². The maximum Gasteiger partial charge on any atom is 0.246 e. The van der Waals surface area contributed by atoms with Crippen LogP contribution in [0, 0.1) is 11.6 Å². The van der Waals surface area contributed by atoms with Gasteiger partial charge in [-0.15, -0.1) is 0 Å². The molecule has 1 unspecified atom stereocenters. The van der Waals surface area contributed by atoms with Crippen LogP contribution in [0.4, 0.5) is 8.78 Å². The van der Waals surface area contributed by atoms with Crippen LogP contribution in [0.2, 0.25) is 0 Å². The summed E-state index contributed by atoms with van der Waals surface area (Å²) in [5, 5.41) is 3.77. The Morgan fingerprint density at radius 1 is 1.26 bits per heavy atom. The summed E-state index contributed by atoms with van der Waals surface area (Å²) in [6.07, 6.45) is 0.835. The fourth-order valence-electron chi connectivity index (χ4n) is 1.60. The topological polar surface area (TPSA) is 64.9 Å². The molecule has 0 radical (unpaired) electrons. The highest BCUT2D eigenvalue weighted by Crippen LogP contribution is 2.20. The molecule has 0 saturated carbocycles. The van der Waals surface area contributed by atoms with E-state index < -0.39 is 17.2 Å². The first-order valence-corrected chi connectivity index (χ1v) is 5.97. The van der Waals surface area contributed by atoms with Gasteiger partial charge in [-0.05, 0) is 31.0 Å². The molecule has 2 rings (SSSR count). The third-order valence-corrected chi connectivity index (χ3v) is 2.98. The molecule has 0 spiro atoms. The molecule has 0 amide bonds. The predicted molar refractivity (Wildman–Crippen MR) is 65.3 cm³/mol. The zero-order chi connectivity index (χ0) is 14.0. The lowest BCUT2D eigenvalue weighted by Crippen LogP contribution is -2.32. The van der Waals surface area contributed by atoms with Gasteiger partial charge in [0.05, 0.1) is 5.54 Å². The van der Waals surface area contributed by atoms with E-state index in [0.717, 1.165) is 6.07 Å². The van der Waals surface area contributed by atoms with Crippen LogP contribution in [0.5, 0.6) is 0 Å². The third-order valence-electron chi connectivity index (χ3n) is 2.98. The number of benzene rings is 1. The van der Waals surface area contributed by atoms with Gasteiger partial charge >= 0.3 is 0 Å². The van der Waals surface area contributed by atoms with E-state index in [4.69, 9.17) is 10.3 Å². The number of hydrogen-bond acceptors (Lipinski definition) is 4. The van der Waals surface area contributed by atoms with Gasteiger partial charge in [0.2, 0.25) is 5.89 Å². The van der Waals surface area contributed by atoms with Crippen LogP contribution in [-0.2, 0) is 12.0 Å². The summed E-state index contributed by atoms with van der Waals surface area (Å²) in [6.45, 7) is 3.69. The van der Waals surface area contributed by atoms with E-state index >= 15 is 0 Å². The number of halogens is 2. The number of hydrogen-bond donors (Lipinski definition) is 1. The minimum Gasteiger partial charge on any atom is -0.337 e. The molecule has 1 atom stereocenters. The molecular formula is C13H15F2N3O. The number of nitrogens with two attached hydrogens (primary N) is 1. The molecule has 0 fully saturated rings. The molecule has 0 aliphatic heterocycles. The van der Waals surface area contributed by atoms with Gasteiger partial charge in [-0.1, -0.05) is 12.1 Å². The van der Waals surface area contributed by atoms with Crippen LogP contribution in [0.25, 0.3) is 0 Å². The first-order valence-electron chi connectivity index (χ1n) is 5.97. The van der Waals surface area contributed by atoms with Crippen molar-refractivity contribution in [2.24, 2.45) is 5.73 Å². The van der Waals surface area contributed by atoms with Crippen molar-refractivity contribution in [2.75, 3.05) is 0 Å². The Bertz CT molecular complexity index is 561. The Morgan fingerprint density at radius 3 is 2.47 bits per heavy atom. The van der Waals surface area contributed by atoms with Crippen LogP contribution in [0.3, 0.4) is 0 Å². The van der Waals surface area contributed by atoms with Crippen LogP contribution in [0.1, 0.15) is 37.5 Å². The first-order chi connectivity index (χ1) is 8.90. The third kappa shape index (κ3) is 3.14. The highest BCUT2D eigenvalue weighted by Gasteiger charge is 2.26. The largest absolute Gasteiger partial charge is 0.337 e. The van der Waals surface area contributed by atoms with Crippen molar-refractivity contribution in [1.29, 1.82) is 0 Å². The zero-order valence-corrected chi connectivity index (χ0v) is 10.8. The molecule has 19 heavy (non-hydrogen) atoms. The molecular weight excluding hydrogens is 252 g/mol. The Morgan fingerprint density at radius 2 is 1.89 bits per heavy atom. The predicted octanol–water partition coefficient (Wildman–Crippen LogP) is 2.52. The highest BCUT2D eigenvalue weighted by molar-refractivity contribution is 5.21. The van der Waals surface area contributed by atoms with E-state index in [1.807, 2.05) is 6.92 Å². The summed E-state index contributed by atoms with van der Waals surface area (Å²) in [4.78, 5) is 4.16. The van der Waals surface area contributed by atoms with Gasteiger partial charge in [0.25, 0.3) is 0 Å². The van der Waals surface area contributed by atoms with Crippen molar-refractivity contribution in [3.8, 4) is 0 Å². The van der Waals surface area contributed by atoms with Crippen LogP contribution < -0.4 is 5.73 Å². The maximum atomic E-state index is 13.1. The second kappa shape index (κ2) is 5.05. The van der Waals surface area contributed by atoms with E-state index in [1.54, 1.807) is 6.92 Å². The molecule has 1 heterocycles. The minimum absolute atomic E-state index is 0.192. The fraction of sp³-hybridized carbons (Fsp3) is 0.385. The van der Waals surface area contributed by atoms with Crippen molar-refractivity contribution < 1.29 is 13.3 Å². The van der Waals surface area contributed by atoms with Crippen molar-refractivity contribution in [3.05, 3.63) is 47.1 Å². The molecule has 1 aromatic carbocycles. The molecule has 4 nitrogen and oxygen atoms in total. The van der Waals surface area contributed by atoms with Gasteiger partial charge in [-0.2, -0.15) is 4.98 Å². The quantitative estimate of drug-likeness (QED) is 0.924. The molecule has 2 N–H and O–H groups in total. The molecule has 102 valence electrons. The van der Waals surface area contributed by atoms with Crippen LogP contribution >= 0.6 is 0 Å². The van der Waals surface area contributed by atoms with E-state index in [0.29, 0.717) is 23.7 Å². The van der Waals surface area contributed by atoms with E-state index in [1.165, 1.54) is 12.1 Å². The zero-order valence-electron chi connectivity index (χ0n) is 10.8.